The summed E-state index contributed by atoms with van der Waals surface area (Å²) in [6.07, 6.45) is 1.61. The van der Waals surface area contributed by atoms with Crippen molar-refractivity contribution in [3.8, 4) is 17.2 Å². The lowest BCUT2D eigenvalue weighted by Crippen LogP contribution is -2.28. The predicted octanol–water partition coefficient (Wildman–Crippen LogP) is 3.16. The Hall–Kier alpha value is -2.49. The average molecular weight is 455 g/mol. The van der Waals surface area contributed by atoms with Crippen LogP contribution in [0.15, 0.2) is 41.3 Å². The lowest BCUT2D eigenvalue weighted by Gasteiger charge is -2.18. The van der Waals surface area contributed by atoms with E-state index in [0.29, 0.717) is 30.3 Å². The van der Waals surface area contributed by atoms with Crippen molar-refractivity contribution in [2.75, 3.05) is 39.2 Å². The molecule has 0 radical (unpaired) electrons. The van der Waals surface area contributed by atoms with E-state index in [1.807, 2.05) is 0 Å². The van der Waals surface area contributed by atoms with Gasteiger partial charge < -0.3 is 19.5 Å². The third kappa shape index (κ3) is 4.97. The van der Waals surface area contributed by atoms with Gasteiger partial charge in [-0.1, -0.05) is 11.6 Å². The maximum atomic E-state index is 13.0. The van der Waals surface area contributed by atoms with Crippen LogP contribution < -0.4 is 19.5 Å². The van der Waals surface area contributed by atoms with Crippen LogP contribution >= 0.6 is 11.6 Å². The Balaban J connectivity index is 1.76. The number of nitrogens with zero attached hydrogens (tertiary/aromatic N) is 1. The Kier molecular flexibility index (Phi) is 7.06. The smallest absolute Gasteiger partial charge is 0.262 e. The zero-order valence-corrected chi connectivity index (χ0v) is 18.3. The van der Waals surface area contributed by atoms with Crippen LogP contribution in [0.2, 0.25) is 5.02 Å². The summed E-state index contributed by atoms with van der Waals surface area (Å²) in [5, 5.41) is 2.95. The number of rotatable bonds is 8. The molecule has 1 heterocycles. The number of benzene rings is 2. The fraction of sp³-hybridized carbons (Fsp3) is 0.350. The van der Waals surface area contributed by atoms with Crippen LogP contribution in [0.5, 0.6) is 17.2 Å². The third-order valence-corrected chi connectivity index (χ3v) is 6.78. The van der Waals surface area contributed by atoms with Crippen LogP contribution in [0.1, 0.15) is 12.8 Å². The van der Waals surface area contributed by atoms with Crippen molar-refractivity contribution in [1.29, 1.82) is 0 Å². The maximum Gasteiger partial charge on any atom is 0.262 e. The molecule has 0 aliphatic carbocycles. The molecule has 1 saturated heterocycles. The minimum absolute atomic E-state index is 0.0522. The molecule has 1 N–H and O–H groups in total. The van der Waals surface area contributed by atoms with Gasteiger partial charge >= 0.3 is 0 Å². The minimum Gasteiger partial charge on any atom is -0.497 e. The molecular weight excluding hydrogens is 432 g/mol. The number of hydrogen-bond donors (Lipinski definition) is 1. The van der Waals surface area contributed by atoms with Crippen molar-refractivity contribution in [2.24, 2.45) is 0 Å². The first-order chi connectivity index (χ1) is 14.3. The number of hydrogen-bond acceptors (Lipinski definition) is 6. The molecule has 162 valence electrons. The number of anilines is 1. The van der Waals surface area contributed by atoms with Crippen LogP contribution in [0, 0.1) is 0 Å². The summed E-state index contributed by atoms with van der Waals surface area (Å²) in [5.41, 5.74) is 0.409. The molecule has 8 nitrogen and oxygen atoms in total. The van der Waals surface area contributed by atoms with E-state index in [-0.39, 0.29) is 15.7 Å². The van der Waals surface area contributed by atoms with Gasteiger partial charge in [-0.05, 0) is 43.2 Å². The molecule has 2 aromatic rings. The largest absolute Gasteiger partial charge is 0.497 e. The molecular formula is C20H23ClN2O6S. The number of sulfonamides is 1. The van der Waals surface area contributed by atoms with Gasteiger partial charge in [0.1, 0.15) is 22.1 Å². The second kappa shape index (κ2) is 9.55. The Labute approximate surface area is 180 Å². The van der Waals surface area contributed by atoms with E-state index in [1.54, 1.807) is 18.2 Å². The second-order valence-corrected chi connectivity index (χ2v) is 8.95. The molecule has 0 aromatic heterocycles. The highest BCUT2D eigenvalue weighted by Crippen LogP contribution is 2.32. The highest BCUT2D eigenvalue weighted by Gasteiger charge is 2.30. The summed E-state index contributed by atoms with van der Waals surface area (Å²) in [4.78, 5) is 12.4. The van der Waals surface area contributed by atoms with Gasteiger partial charge in [0.25, 0.3) is 5.91 Å². The molecule has 1 fully saturated rings. The van der Waals surface area contributed by atoms with Gasteiger partial charge in [-0.25, -0.2) is 8.42 Å². The summed E-state index contributed by atoms with van der Waals surface area (Å²) < 4.78 is 43.2. The molecule has 30 heavy (non-hydrogen) atoms. The van der Waals surface area contributed by atoms with Crippen molar-refractivity contribution >= 4 is 33.2 Å². The lowest BCUT2D eigenvalue weighted by atomic mass is 10.2. The molecule has 10 heteroatoms. The highest BCUT2D eigenvalue weighted by atomic mass is 35.5. The molecule has 0 spiro atoms. The second-order valence-electron chi connectivity index (χ2n) is 6.61. The van der Waals surface area contributed by atoms with Gasteiger partial charge in [0.2, 0.25) is 10.0 Å². The summed E-state index contributed by atoms with van der Waals surface area (Å²) in [6, 6.07) is 9.28. The van der Waals surface area contributed by atoms with Gasteiger partial charge in [-0.2, -0.15) is 4.31 Å². The monoisotopic (exact) mass is 454 g/mol. The number of nitrogens with one attached hydrogen (secondary N) is 1. The molecule has 2 aromatic carbocycles. The van der Waals surface area contributed by atoms with Gasteiger partial charge in [-0.15, -0.1) is 0 Å². The standard InChI is InChI=1S/C20H23ClN2O6S/c1-27-15-6-8-17(28-2)16(12-15)22-20(24)13-29-18-7-5-14(21)11-19(18)30(25,26)23-9-3-4-10-23/h5-8,11-12H,3-4,9-10,13H2,1-2H3,(H,22,24). The molecule has 3 rings (SSSR count). The lowest BCUT2D eigenvalue weighted by molar-refractivity contribution is -0.118. The van der Waals surface area contributed by atoms with E-state index in [4.69, 9.17) is 25.8 Å². The number of halogens is 1. The third-order valence-electron chi connectivity index (χ3n) is 4.63. The average Bonchev–Trinajstić information content (AvgIpc) is 3.28. The molecule has 0 bridgehead atoms. The van der Waals surface area contributed by atoms with Crippen molar-refractivity contribution < 1.29 is 27.4 Å². The predicted molar refractivity (Wildman–Crippen MR) is 113 cm³/mol. The van der Waals surface area contributed by atoms with Crippen LogP contribution in [0.4, 0.5) is 5.69 Å². The van der Waals surface area contributed by atoms with Gasteiger partial charge in [0.15, 0.2) is 6.61 Å². The zero-order chi connectivity index (χ0) is 21.7. The highest BCUT2D eigenvalue weighted by molar-refractivity contribution is 7.89. The van der Waals surface area contributed by atoms with Crippen LogP contribution in [-0.4, -0.2) is 52.5 Å². The normalized spacial score (nSPS) is 14.4. The van der Waals surface area contributed by atoms with E-state index in [1.165, 1.54) is 36.7 Å². The number of carbonyl (C=O) groups is 1. The van der Waals surface area contributed by atoms with Crippen LogP contribution in [-0.2, 0) is 14.8 Å². The first-order valence-corrected chi connectivity index (χ1v) is 11.1. The topological polar surface area (TPSA) is 94.2 Å². The summed E-state index contributed by atoms with van der Waals surface area (Å²) in [7, 11) is -0.766. The summed E-state index contributed by atoms with van der Waals surface area (Å²) in [5.74, 6) is 0.580. The van der Waals surface area contributed by atoms with Gasteiger partial charge in [-0.3, -0.25) is 4.79 Å². The van der Waals surface area contributed by atoms with Crippen molar-refractivity contribution in [3.63, 3.8) is 0 Å². The number of amides is 1. The van der Waals surface area contributed by atoms with E-state index in [9.17, 15) is 13.2 Å². The van der Waals surface area contributed by atoms with Crippen molar-refractivity contribution in [3.05, 3.63) is 41.4 Å². The molecule has 0 unspecified atom stereocenters. The number of ether oxygens (including phenoxy) is 3. The number of carbonyl (C=O) groups excluding carboxylic acids is 1. The van der Waals surface area contributed by atoms with E-state index in [0.717, 1.165) is 12.8 Å². The molecule has 1 amide bonds. The first kappa shape index (κ1) is 22.2. The van der Waals surface area contributed by atoms with E-state index < -0.39 is 22.5 Å². The Morgan fingerprint density at radius 1 is 1.07 bits per heavy atom. The van der Waals surface area contributed by atoms with E-state index >= 15 is 0 Å². The quantitative estimate of drug-likeness (QED) is 0.658. The Bertz CT molecular complexity index is 1020. The van der Waals surface area contributed by atoms with Crippen molar-refractivity contribution in [2.45, 2.75) is 17.7 Å². The molecule has 0 atom stereocenters. The number of methoxy groups -OCH3 is 2. The minimum atomic E-state index is -3.76. The molecule has 0 saturated carbocycles. The van der Waals surface area contributed by atoms with Gasteiger partial charge in [0, 0.05) is 24.2 Å². The first-order valence-electron chi connectivity index (χ1n) is 9.29. The van der Waals surface area contributed by atoms with Crippen LogP contribution in [0.3, 0.4) is 0 Å². The fourth-order valence-electron chi connectivity index (χ4n) is 3.11. The van der Waals surface area contributed by atoms with E-state index in [2.05, 4.69) is 5.32 Å². The maximum absolute atomic E-state index is 13.0. The van der Waals surface area contributed by atoms with Crippen LogP contribution in [0.25, 0.3) is 0 Å². The Morgan fingerprint density at radius 2 is 1.77 bits per heavy atom. The summed E-state index contributed by atoms with van der Waals surface area (Å²) >= 11 is 6.02. The zero-order valence-electron chi connectivity index (χ0n) is 16.7. The van der Waals surface area contributed by atoms with Gasteiger partial charge in [0.05, 0.1) is 19.9 Å². The Morgan fingerprint density at radius 3 is 2.43 bits per heavy atom. The molecule has 1 aliphatic rings. The molecule has 1 aliphatic heterocycles. The summed E-state index contributed by atoms with van der Waals surface area (Å²) in [6.45, 7) is 0.499. The van der Waals surface area contributed by atoms with Crippen molar-refractivity contribution in [1.82, 2.24) is 4.31 Å². The fourth-order valence-corrected chi connectivity index (χ4v) is 5.02. The SMILES string of the molecule is COc1ccc(OC)c(NC(=O)COc2ccc(Cl)cc2S(=O)(=O)N2CCCC2)c1.